The summed E-state index contributed by atoms with van der Waals surface area (Å²) in [7, 11) is 0. The molecule has 0 bridgehead atoms. The number of hydrogen-bond donors (Lipinski definition) is 3. The molecule has 4 N–H and O–H groups in total. The highest BCUT2D eigenvalue weighted by Gasteiger charge is 2.25. The predicted octanol–water partition coefficient (Wildman–Crippen LogP) is 1.84. The summed E-state index contributed by atoms with van der Waals surface area (Å²) >= 11 is 0. The highest BCUT2D eigenvalue weighted by atomic mass is 19.1. The van der Waals surface area contributed by atoms with Gasteiger partial charge in [-0.15, -0.1) is 0 Å². The molecule has 3 rings (SSSR count). The third-order valence-corrected chi connectivity index (χ3v) is 4.01. The predicted molar refractivity (Wildman–Crippen MR) is 77.8 cm³/mol. The van der Waals surface area contributed by atoms with Gasteiger partial charge >= 0.3 is 0 Å². The zero-order valence-electron chi connectivity index (χ0n) is 11.7. The summed E-state index contributed by atoms with van der Waals surface area (Å²) in [6.45, 7) is 0.320. The first-order chi connectivity index (χ1) is 10.1. The van der Waals surface area contributed by atoms with Crippen LogP contribution >= 0.6 is 0 Å². The topological polar surface area (TPSA) is 83.8 Å². The van der Waals surface area contributed by atoms with Crippen LogP contribution in [0.3, 0.4) is 0 Å². The van der Waals surface area contributed by atoms with Crippen molar-refractivity contribution in [1.82, 2.24) is 15.3 Å². The molecular formula is C15H19FN4O. The number of imidazole rings is 1. The molecule has 2 aromatic rings. The number of benzene rings is 1. The Kier molecular flexibility index (Phi) is 3.88. The molecule has 0 radical (unpaired) electrons. The van der Waals surface area contributed by atoms with E-state index in [1.54, 1.807) is 6.07 Å². The second kappa shape index (κ2) is 5.81. The molecule has 1 aliphatic rings. The van der Waals surface area contributed by atoms with Crippen LogP contribution in [0.1, 0.15) is 31.5 Å². The van der Waals surface area contributed by atoms with E-state index in [2.05, 4.69) is 15.3 Å². The minimum absolute atomic E-state index is 0.00410. The quantitative estimate of drug-likeness (QED) is 0.806. The fraction of sp³-hybridized carbons (Fsp3) is 0.467. The molecule has 0 spiro atoms. The zero-order valence-corrected chi connectivity index (χ0v) is 11.7. The number of fused-ring (bicyclic) bond motifs is 1. The number of aromatic amines is 1. The number of aromatic nitrogens is 2. The molecular weight excluding hydrogens is 271 g/mol. The SMILES string of the molecule is NC1CCCC(C(=O)NCc2nc3ccc(F)cc3[nH]2)C1. The first kappa shape index (κ1) is 14.0. The molecule has 1 aromatic carbocycles. The van der Waals surface area contributed by atoms with E-state index in [1.165, 1.54) is 12.1 Å². The van der Waals surface area contributed by atoms with Gasteiger partial charge in [-0.25, -0.2) is 9.37 Å². The van der Waals surface area contributed by atoms with Crippen LogP contribution in [0.2, 0.25) is 0 Å². The lowest BCUT2D eigenvalue weighted by Crippen LogP contribution is -2.37. The van der Waals surface area contributed by atoms with E-state index in [9.17, 15) is 9.18 Å². The Balaban J connectivity index is 1.61. The fourth-order valence-corrected chi connectivity index (χ4v) is 2.90. The van der Waals surface area contributed by atoms with E-state index in [0.717, 1.165) is 25.7 Å². The van der Waals surface area contributed by atoms with Crippen molar-refractivity contribution in [2.24, 2.45) is 11.7 Å². The number of hydrogen-bond acceptors (Lipinski definition) is 3. The van der Waals surface area contributed by atoms with Crippen molar-refractivity contribution in [3.05, 3.63) is 29.8 Å². The number of halogens is 1. The molecule has 1 amide bonds. The molecule has 1 aromatic heterocycles. The van der Waals surface area contributed by atoms with Crippen molar-refractivity contribution in [1.29, 1.82) is 0 Å². The summed E-state index contributed by atoms with van der Waals surface area (Å²) in [6, 6.07) is 4.51. The summed E-state index contributed by atoms with van der Waals surface area (Å²) in [6.07, 6.45) is 3.64. The maximum atomic E-state index is 13.1. The summed E-state index contributed by atoms with van der Waals surface area (Å²) in [4.78, 5) is 19.5. The van der Waals surface area contributed by atoms with E-state index in [0.29, 0.717) is 23.4 Å². The maximum absolute atomic E-state index is 13.1. The van der Waals surface area contributed by atoms with Crippen LogP contribution in [0.25, 0.3) is 11.0 Å². The molecule has 2 unspecified atom stereocenters. The maximum Gasteiger partial charge on any atom is 0.223 e. The number of rotatable bonds is 3. The van der Waals surface area contributed by atoms with Crippen LogP contribution in [-0.2, 0) is 11.3 Å². The van der Waals surface area contributed by atoms with Gasteiger partial charge in [-0.05, 0) is 37.5 Å². The Bertz CT molecular complexity index is 654. The van der Waals surface area contributed by atoms with Crippen LogP contribution in [0.4, 0.5) is 4.39 Å². The number of nitrogens with zero attached hydrogens (tertiary/aromatic N) is 1. The lowest BCUT2D eigenvalue weighted by molar-refractivity contribution is -0.126. The number of nitrogens with one attached hydrogen (secondary N) is 2. The average molecular weight is 290 g/mol. The average Bonchev–Trinajstić information content (AvgIpc) is 2.86. The van der Waals surface area contributed by atoms with E-state index in [-0.39, 0.29) is 23.7 Å². The highest BCUT2D eigenvalue weighted by Crippen LogP contribution is 2.23. The number of amides is 1. The molecule has 5 nitrogen and oxygen atoms in total. The normalized spacial score (nSPS) is 22.4. The summed E-state index contributed by atoms with van der Waals surface area (Å²) < 4.78 is 13.1. The Morgan fingerprint density at radius 3 is 3.14 bits per heavy atom. The molecule has 1 saturated carbocycles. The molecule has 0 saturated heterocycles. The standard InChI is InChI=1S/C15H19FN4O/c16-10-4-5-12-13(7-10)20-14(19-12)8-18-15(21)9-2-1-3-11(17)6-9/h4-5,7,9,11H,1-3,6,8,17H2,(H,18,21)(H,19,20). The molecule has 1 heterocycles. The minimum Gasteiger partial charge on any atom is -0.349 e. The molecule has 21 heavy (non-hydrogen) atoms. The Morgan fingerprint density at radius 2 is 2.33 bits per heavy atom. The van der Waals surface area contributed by atoms with Gasteiger partial charge in [0.25, 0.3) is 0 Å². The molecule has 1 fully saturated rings. The van der Waals surface area contributed by atoms with Gasteiger partial charge in [0.1, 0.15) is 11.6 Å². The number of carbonyl (C=O) groups is 1. The van der Waals surface area contributed by atoms with Crippen molar-refractivity contribution >= 4 is 16.9 Å². The van der Waals surface area contributed by atoms with E-state index in [1.807, 2.05) is 0 Å². The minimum atomic E-state index is -0.307. The van der Waals surface area contributed by atoms with Crippen LogP contribution in [0, 0.1) is 11.7 Å². The first-order valence-corrected chi connectivity index (χ1v) is 7.29. The lowest BCUT2D eigenvalue weighted by Gasteiger charge is -2.25. The molecule has 0 aliphatic heterocycles. The van der Waals surface area contributed by atoms with Crippen LogP contribution < -0.4 is 11.1 Å². The van der Waals surface area contributed by atoms with E-state index in [4.69, 9.17) is 5.73 Å². The number of nitrogens with two attached hydrogens (primary N) is 1. The Labute approximate surface area is 122 Å². The van der Waals surface area contributed by atoms with Crippen molar-refractivity contribution < 1.29 is 9.18 Å². The van der Waals surface area contributed by atoms with Gasteiger partial charge in [0.05, 0.1) is 17.6 Å². The van der Waals surface area contributed by atoms with Crippen molar-refractivity contribution in [3.63, 3.8) is 0 Å². The molecule has 6 heteroatoms. The van der Waals surface area contributed by atoms with E-state index < -0.39 is 0 Å². The number of H-pyrrole nitrogens is 1. The monoisotopic (exact) mass is 290 g/mol. The van der Waals surface area contributed by atoms with Gasteiger partial charge in [-0.1, -0.05) is 6.42 Å². The van der Waals surface area contributed by atoms with Crippen LogP contribution in [0.5, 0.6) is 0 Å². The fourth-order valence-electron chi connectivity index (χ4n) is 2.90. The van der Waals surface area contributed by atoms with Gasteiger partial charge in [0.15, 0.2) is 0 Å². The lowest BCUT2D eigenvalue weighted by atomic mass is 9.85. The summed E-state index contributed by atoms with van der Waals surface area (Å²) in [5.41, 5.74) is 7.23. The van der Waals surface area contributed by atoms with Crippen LogP contribution in [0.15, 0.2) is 18.2 Å². The van der Waals surface area contributed by atoms with Gasteiger partial charge in [-0.3, -0.25) is 4.79 Å². The van der Waals surface area contributed by atoms with Gasteiger partial charge in [-0.2, -0.15) is 0 Å². The van der Waals surface area contributed by atoms with Crippen molar-refractivity contribution in [2.45, 2.75) is 38.3 Å². The van der Waals surface area contributed by atoms with Crippen molar-refractivity contribution in [3.8, 4) is 0 Å². The van der Waals surface area contributed by atoms with Gasteiger partial charge < -0.3 is 16.0 Å². The Morgan fingerprint density at radius 1 is 1.48 bits per heavy atom. The zero-order chi connectivity index (χ0) is 14.8. The molecule has 112 valence electrons. The molecule has 2 atom stereocenters. The van der Waals surface area contributed by atoms with Crippen LogP contribution in [-0.4, -0.2) is 21.9 Å². The second-order valence-corrected chi connectivity index (χ2v) is 5.69. The Hall–Kier alpha value is -1.95. The second-order valence-electron chi connectivity index (χ2n) is 5.69. The van der Waals surface area contributed by atoms with Gasteiger partial charge in [0.2, 0.25) is 5.91 Å². The number of carbonyl (C=O) groups excluding carboxylic acids is 1. The first-order valence-electron chi connectivity index (χ1n) is 7.29. The third-order valence-electron chi connectivity index (χ3n) is 4.01. The largest absolute Gasteiger partial charge is 0.349 e. The molecule has 1 aliphatic carbocycles. The van der Waals surface area contributed by atoms with Crippen molar-refractivity contribution in [2.75, 3.05) is 0 Å². The third kappa shape index (κ3) is 3.21. The highest BCUT2D eigenvalue weighted by molar-refractivity contribution is 5.79. The summed E-state index contributed by atoms with van der Waals surface area (Å²) in [5, 5.41) is 2.88. The smallest absolute Gasteiger partial charge is 0.223 e. The summed E-state index contributed by atoms with van der Waals surface area (Å²) in [5.74, 6) is 0.342. The van der Waals surface area contributed by atoms with Gasteiger partial charge in [0, 0.05) is 12.0 Å². The van der Waals surface area contributed by atoms with E-state index >= 15 is 0 Å².